The van der Waals surface area contributed by atoms with Crippen molar-refractivity contribution < 1.29 is 19.4 Å². The van der Waals surface area contributed by atoms with Crippen LogP contribution in [0.25, 0.3) is 9.40 Å². The minimum absolute atomic E-state index is 0.184. The lowest BCUT2D eigenvalue weighted by atomic mass is 10.1. The summed E-state index contributed by atoms with van der Waals surface area (Å²) in [5, 5.41) is 12.7. The van der Waals surface area contributed by atoms with Crippen molar-refractivity contribution in [1.82, 2.24) is 4.37 Å². The molecule has 1 aliphatic carbocycles. The molecule has 3 heterocycles. The average molecular weight is 481 g/mol. The molecule has 160 valence electrons. The van der Waals surface area contributed by atoms with Crippen molar-refractivity contribution in [2.45, 2.75) is 24.9 Å². The summed E-state index contributed by atoms with van der Waals surface area (Å²) >= 11 is 4.21. The van der Waals surface area contributed by atoms with Crippen LogP contribution in [-0.4, -0.2) is 21.5 Å². The van der Waals surface area contributed by atoms with Gasteiger partial charge in [0.15, 0.2) is 0 Å². The van der Waals surface area contributed by atoms with Crippen molar-refractivity contribution in [3.8, 4) is 11.8 Å². The van der Waals surface area contributed by atoms with Crippen LogP contribution in [0.2, 0.25) is 0 Å². The quantitative estimate of drug-likeness (QED) is 0.359. The lowest BCUT2D eigenvalue weighted by Crippen LogP contribution is -2.17. The van der Waals surface area contributed by atoms with E-state index < -0.39 is 17.5 Å². The Balaban J connectivity index is 1.26. The molecule has 1 saturated carbocycles. The van der Waals surface area contributed by atoms with Gasteiger partial charge < -0.3 is 9.84 Å². The zero-order chi connectivity index (χ0) is 22.1. The zero-order valence-corrected chi connectivity index (χ0v) is 19.0. The van der Waals surface area contributed by atoms with Crippen LogP contribution in [0.5, 0.6) is 0 Å². The van der Waals surface area contributed by atoms with Crippen LogP contribution < -0.4 is 5.32 Å². The second kappa shape index (κ2) is 8.39. The summed E-state index contributed by atoms with van der Waals surface area (Å²) in [7, 11) is 0. The van der Waals surface area contributed by atoms with Crippen molar-refractivity contribution in [1.29, 1.82) is 0 Å². The van der Waals surface area contributed by atoms with Crippen LogP contribution in [-0.2, 0) is 21.6 Å². The van der Waals surface area contributed by atoms with Crippen molar-refractivity contribution >= 4 is 60.7 Å². The molecular weight excluding hydrogens is 464 g/mol. The molecule has 2 N–H and O–H groups in total. The first-order valence-corrected chi connectivity index (χ1v) is 12.2. The lowest BCUT2D eigenvalue weighted by Gasteiger charge is -2.05. The first-order valence-electron chi connectivity index (χ1n) is 9.75. The molecule has 5 rings (SSSR count). The number of rotatable bonds is 5. The third kappa shape index (κ3) is 4.12. The molecule has 0 aliphatic heterocycles. The molecule has 0 radical (unpaired) electrons. The van der Waals surface area contributed by atoms with E-state index in [2.05, 4.69) is 21.5 Å². The molecule has 32 heavy (non-hydrogen) atoms. The minimum Gasteiger partial charge on any atom is -0.481 e. The number of nitrogens with one attached hydrogen (secondary N) is 1. The Morgan fingerprint density at radius 3 is 2.62 bits per heavy atom. The SMILES string of the molecule is O=C(Nc1sncc1C#Cc1cc2sc(C3(C(=O)O)CC3)cc2s1)OCc1ccccc1. The zero-order valence-electron chi connectivity index (χ0n) is 16.6. The summed E-state index contributed by atoms with van der Waals surface area (Å²) in [6, 6.07) is 13.4. The van der Waals surface area contributed by atoms with E-state index in [9.17, 15) is 14.7 Å². The fourth-order valence-electron chi connectivity index (χ4n) is 3.22. The first-order chi connectivity index (χ1) is 15.5. The van der Waals surface area contributed by atoms with Gasteiger partial charge in [-0.2, -0.15) is 4.37 Å². The highest BCUT2D eigenvalue weighted by Crippen LogP contribution is 2.52. The summed E-state index contributed by atoms with van der Waals surface area (Å²) in [6.45, 7) is 0.184. The number of aromatic nitrogens is 1. The molecule has 0 spiro atoms. The Labute approximate surface area is 195 Å². The third-order valence-corrected chi connectivity index (χ3v) is 8.29. The van der Waals surface area contributed by atoms with Gasteiger partial charge in [-0.3, -0.25) is 10.1 Å². The maximum absolute atomic E-state index is 12.1. The second-order valence-electron chi connectivity index (χ2n) is 7.34. The standard InChI is InChI=1S/C23H16N2O4S3/c26-21(27)23(8-9-23)19-11-18-17(31-19)10-16(30-18)7-6-15-12-24-32-20(15)25-22(28)29-13-14-4-2-1-3-5-14/h1-5,10-12H,8-9,13H2,(H,25,28)(H,26,27). The van der Waals surface area contributed by atoms with E-state index in [-0.39, 0.29) is 6.61 Å². The Hall–Kier alpha value is -3.19. The van der Waals surface area contributed by atoms with Crippen LogP contribution in [0.3, 0.4) is 0 Å². The second-order valence-corrected chi connectivity index (χ2v) is 10.3. The van der Waals surface area contributed by atoms with Crippen molar-refractivity contribution in [3.63, 3.8) is 0 Å². The fraction of sp³-hybridized carbons (Fsp3) is 0.174. The van der Waals surface area contributed by atoms with Crippen molar-refractivity contribution in [3.05, 3.63) is 69.5 Å². The van der Waals surface area contributed by atoms with Gasteiger partial charge in [-0.15, -0.1) is 22.7 Å². The van der Waals surface area contributed by atoms with Crippen LogP contribution in [0.1, 0.15) is 33.7 Å². The molecule has 4 aromatic rings. The molecule has 1 aromatic carbocycles. The van der Waals surface area contributed by atoms with Gasteiger partial charge in [0, 0.05) is 14.3 Å². The number of carbonyl (C=O) groups is 2. The van der Waals surface area contributed by atoms with E-state index in [1.54, 1.807) is 6.20 Å². The number of amides is 1. The lowest BCUT2D eigenvalue weighted by molar-refractivity contribution is -0.139. The molecule has 0 unspecified atom stereocenters. The van der Waals surface area contributed by atoms with Crippen LogP contribution in [0.4, 0.5) is 9.80 Å². The number of hydrogen-bond donors (Lipinski definition) is 2. The maximum Gasteiger partial charge on any atom is 0.412 e. The van der Waals surface area contributed by atoms with E-state index in [4.69, 9.17) is 4.74 Å². The Kier molecular flexibility index (Phi) is 5.43. The highest BCUT2D eigenvalue weighted by molar-refractivity contribution is 7.28. The number of anilines is 1. The third-order valence-electron chi connectivity index (χ3n) is 5.16. The number of nitrogens with zero attached hydrogens (tertiary/aromatic N) is 1. The molecule has 1 aliphatic rings. The Morgan fingerprint density at radius 2 is 1.91 bits per heavy atom. The van der Waals surface area contributed by atoms with E-state index in [0.29, 0.717) is 23.4 Å². The van der Waals surface area contributed by atoms with Gasteiger partial charge in [0.05, 0.1) is 16.6 Å². The van der Waals surface area contributed by atoms with Crippen molar-refractivity contribution in [2.24, 2.45) is 0 Å². The van der Waals surface area contributed by atoms with E-state index >= 15 is 0 Å². The molecule has 0 saturated heterocycles. The predicted octanol–water partition coefficient (Wildman–Crippen LogP) is 5.68. The molecule has 1 fully saturated rings. The molecule has 0 atom stereocenters. The molecule has 9 heteroatoms. The molecular formula is C23H16N2O4S3. The molecule has 1 amide bonds. The summed E-state index contributed by atoms with van der Waals surface area (Å²) in [4.78, 5) is 25.5. The van der Waals surface area contributed by atoms with E-state index in [1.807, 2.05) is 42.5 Å². The topological polar surface area (TPSA) is 88.5 Å². The predicted molar refractivity (Wildman–Crippen MR) is 127 cm³/mol. The van der Waals surface area contributed by atoms with Crippen molar-refractivity contribution in [2.75, 3.05) is 5.32 Å². The first kappa shape index (κ1) is 20.7. The fourth-order valence-corrected chi connectivity index (χ4v) is 6.31. The van der Waals surface area contributed by atoms with Gasteiger partial charge in [0.2, 0.25) is 0 Å². The van der Waals surface area contributed by atoms with Crippen LogP contribution in [0.15, 0.2) is 48.7 Å². The minimum atomic E-state index is -0.737. The van der Waals surface area contributed by atoms with Gasteiger partial charge >= 0.3 is 12.1 Å². The van der Waals surface area contributed by atoms with E-state index in [0.717, 1.165) is 36.3 Å². The number of thiophene rings is 2. The number of hydrogen-bond acceptors (Lipinski definition) is 7. The number of carboxylic acid groups (broad SMARTS) is 1. The number of fused-ring (bicyclic) bond motifs is 1. The van der Waals surface area contributed by atoms with Gasteiger partial charge in [0.1, 0.15) is 17.0 Å². The molecule has 3 aromatic heterocycles. The van der Waals surface area contributed by atoms with Crippen LogP contribution >= 0.6 is 34.2 Å². The largest absolute Gasteiger partial charge is 0.481 e. The average Bonchev–Trinajstić information content (AvgIpc) is 3.11. The Morgan fingerprint density at radius 1 is 1.12 bits per heavy atom. The summed E-state index contributed by atoms with van der Waals surface area (Å²) < 4.78 is 11.5. The van der Waals surface area contributed by atoms with Crippen LogP contribution in [0, 0.1) is 11.8 Å². The number of ether oxygens (including phenoxy) is 1. The maximum atomic E-state index is 12.1. The van der Waals surface area contributed by atoms with E-state index in [1.165, 1.54) is 22.7 Å². The van der Waals surface area contributed by atoms with Gasteiger partial charge in [-0.25, -0.2) is 4.79 Å². The molecule has 6 nitrogen and oxygen atoms in total. The number of aliphatic carboxylic acids is 1. The smallest absolute Gasteiger partial charge is 0.412 e. The number of carbonyl (C=O) groups excluding carboxylic acids is 1. The molecule has 0 bridgehead atoms. The highest BCUT2D eigenvalue weighted by Gasteiger charge is 2.53. The monoisotopic (exact) mass is 480 g/mol. The highest BCUT2D eigenvalue weighted by atomic mass is 32.1. The van der Waals surface area contributed by atoms with Gasteiger partial charge in [-0.1, -0.05) is 42.2 Å². The normalized spacial score (nSPS) is 13.9. The summed E-state index contributed by atoms with van der Waals surface area (Å²) in [6.07, 6.45) is 2.47. The number of benzene rings is 1. The van der Waals surface area contributed by atoms with Gasteiger partial charge in [-0.05, 0) is 42.1 Å². The summed E-state index contributed by atoms with van der Waals surface area (Å²) in [5.41, 5.74) is 0.850. The number of carboxylic acids is 1. The summed E-state index contributed by atoms with van der Waals surface area (Å²) in [5.74, 6) is 5.45. The van der Waals surface area contributed by atoms with Gasteiger partial charge in [0.25, 0.3) is 0 Å². The Bertz CT molecular complexity index is 1340.